The molecule has 1 unspecified atom stereocenters. The van der Waals surface area contributed by atoms with Crippen molar-refractivity contribution < 1.29 is 0 Å². The highest BCUT2D eigenvalue weighted by Gasteiger charge is 1.97. The van der Waals surface area contributed by atoms with Crippen molar-refractivity contribution in [2.24, 2.45) is 0 Å². The van der Waals surface area contributed by atoms with Gasteiger partial charge in [-0.3, -0.25) is 0 Å². The molecule has 0 aromatic heterocycles. The molecule has 0 radical (unpaired) electrons. The summed E-state index contributed by atoms with van der Waals surface area (Å²) in [5.74, 6) is 0. The summed E-state index contributed by atoms with van der Waals surface area (Å²) >= 11 is 8.15. The third kappa shape index (κ3) is 13.0. The molecule has 2 heteroatoms. The predicted molar refractivity (Wildman–Crippen MR) is 75.5 cm³/mol. The Hall–Kier alpha value is 1.02. The second kappa shape index (κ2) is 12.1. The fourth-order valence-corrected chi connectivity index (χ4v) is 2.20. The summed E-state index contributed by atoms with van der Waals surface area (Å²) in [6.45, 7) is 2.27. The van der Waals surface area contributed by atoms with E-state index in [-0.39, 0.29) is 0 Å². The molecular weight excluding hydrogens is 306 g/mol. The van der Waals surface area contributed by atoms with Gasteiger partial charge in [0.05, 0.1) is 3.38 Å². The number of hydrogen-bond acceptors (Lipinski definition) is 0. The fourth-order valence-electron chi connectivity index (χ4n) is 1.61. The monoisotopic (exact) mass is 330 g/mol. The van der Waals surface area contributed by atoms with Crippen LogP contribution in [0.3, 0.4) is 0 Å². The van der Waals surface area contributed by atoms with Crippen molar-refractivity contribution in [1.29, 1.82) is 0 Å². The molecule has 0 nitrogen and oxygen atoms in total. The molecule has 0 aromatic carbocycles. The molecule has 0 fully saturated rings. The van der Waals surface area contributed by atoms with Gasteiger partial charge in [0, 0.05) is 0 Å². The zero-order chi connectivity index (χ0) is 10.6. The number of rotatable bonds is 10. The fraction of sp³-hybridized carbons (Fsp3) is 1.00. The SMILES string of the molecule is CCCCCCCCCCCC(Cl)I. The minimum absolute atomic E-state index is 0.345. The van der Waals surface area contributed by atoms with Crippen LogP contribution in [-0.2, 0) is 0 Å². The Morgan fingerprint density at radius 3 is 1.71 bits per heavy atom. The van der Waals surface area contributed by atoms with Crippen molar-refractivity contribution in [3.8, 4) is 0 Å². The van der Waals surface area contributed by atoms with Crippen molar-refractivity contribution in [2.45, 2.75) is 74.5 Å². The van der Waals surface area contributed by atoms with E-state index >= 15 is 0 Å². The lowest BCUT2D eigenvalue weighted by molar-refractivity contribution is 0.562. The van der Waals surface area contributed by atoms with E-state index in [9.17, 15) is 0 Å². The predicted octanol–water partition coefficient (Wildman–Crippen LogP) is 5.91. The van der Waals surface area contributed by atoms with Crippen LogP contribution in [0.1, 0.15) is 71.1 Å². The third-order valence-corrected chi connectivity index (χ3v) is 3.37. The maximum absolute atomic E-state index is 5.86. The zero-order valence-corrected chi connectivity index (χ0v) is 12.3. The molecule has 0 amide bonds. The van der Waals surface area contributed by atoms with Crippen LogP contribution < -0.4 is 0 Å². The van der Waals surface area contributed by atoms with Gasteiger partial charge in [0.1, 0.15) is 0 Å². The summed E-state index contributed by atoms with van der Waals surface area (Å²) in [4.78, 5) is 0. The minimum atomic E-state index is 0.345. The molecule has 0 N–H and O–H groups in total. The van der Waals surface area contributed by atoms with Gasteiger partial charge in [0.15, 0.2) is 0 Å². The Balaban J connectivity index is 2.85. The third-order valence-electron chi connectivity index (χ3n) is 2.53. The van der Waals surface area contributed by atoms with E-state index in [1.807, 2.05) is 0 Å². The van der Waals surface area contributed by atoms with E-state index < -0.39 is 0 Å². The normalized spacial score (nSPS) is 13.1. The van der Waals surface area contributed by atoms with Gasteiger partial charge in [-0.1, -0.05) is 87.3 Å². The molecule has 14 heavy (non-hydrogen) atoms. The first-order valence-electron chi connectivity index (χ1n) is 6.05. The lowest BCUT2D eigenvalue weighted by atomic mass is 10.1. The van der Waals surface area contributed by atoms with Gasteiger partial charge in [-0.15, -0.1) is 11.6 Å². The first-order chi connectivity index (χ1) is 6.77. The average Bonchev–Trinajstić information content (AvgIpc) is 2.15. The van der Waals surface area contributed by atoms with Crippen molar-refractivity contribution in [3.63, 3.8) is 0 Å². The number of alkyl halides is 2. The number of halogens is 2. The Morgan fingerprint density at radius 2 is 1.29 bits per heavy atom. The summed E-state index contributed by atoms with van der Waals surface area (Å²) in [6, 6.07) is 0. The lowest BCUT2D eigenvalue weighted by Gasteiger charge is -2.02. The Labute approximate surface area is 108 Å². The van der Waals surface area contributed by atoms with Gasteiger partial charge in [0.2, 0.25) is 0 Å². The van der Waals surface area contributed by atoms with Gasteiger partial charge in [0.25, 0.3) is 0 Å². The Kier molecular flexibility index (Phi) is 13.0. The molecule has 0 aromatic rings. The Bertz CT molecular complexity index is 104. The molecule has 0 saturated carbocycles. The largest absolute Gasteiger partial charge is 0.111 e. The maximum atomic E-state index is 5.86. The first-order valence-corrected chi connectivity index (χ1v) is 7.73. The van der Waals surface area contributed by atoms with Crippen LogP contribution in [0, 0.1) is 0 Å². The highest BCUT2D eigenvalue weighted by molar-refractivity contribution is 14.1. The van der Waals surface area contributed by atoms with E-state index in [4.69, 9.17) is 11.6 Å². The summed E-state index contributed by atoms with van der Waals surface area (Å²) in [5.41, 5.74) is 0. The highest BCUT2D eigenvalue weighted by Crippen LogP contribution is 2.16. The second-order valence-electron chi connectivity index (χ2n) is 4.01. The van der Waals surface area contributed by atoms with Gasteiger partial charge >= 0.3 is 0 Å². The van der Waals surface area contributed by atoms with E-state index in [0.29, 0.717) is 3.38 Å². The van der Waals surface area contributed by atoms with Crippen LogP contribution >= 0.6 is 34.2 Å². The molecule has 0 saturated heterocycles. The summed E-state index contributed by atoms with van der Waals surface area (Å²) in [6.07, 6.45) is 13.8. The molecule has 0 aliphatic heterocycles. The molecule has 86 valence electrons. The van der Waals surface area contributed by atoms with Crippen molar-refractivity contribution in [2.75, 3.05) is 0 Å². The van der Waals surface area contributed by atoms with Gasteiger partial charge in [-0.2, -0.15) is 0 Å². The molecule has 0 bridgehead atoms. The van der Waals surface area contributed by atoms with Crippen LogP contribution in [0.4, 0.5) is 0 Å². The number of hydrogen-bond donors (Lipinski definition) is 0. The van der Waals surface area contributed by atoms with Crippen LogP contribution in [0.2, 0.25) is 0 Å². The van der Waals surface area contributed by atoms with Crippen LogP contribution in [0.25, 0.3) is 0 Å². The maximum Gasteiger partial charge on any atom is 0.0850 e. The quantitative estimate of drug-likeness (QED) is 0.265. The standard InChI is InChI=1S/C12H24ClI/c1-2-3-4-5-6-7-8-9-10-11-12(13)14/h12H,2-11H2,1H3. The molecule has 0 rings (SSSR count). The van der Waals surface area contributed by atoms with E-state index in [1.165, 1.54) is 64.2 Å². The highest BCUT2D eigenvalue weighted by atomic mass is 127. The smallest absolute Gasteiger partial charge is 0.0850 e. The lowest BCUT2D eigenvalue weighted by Crippen LogP contribution is -1.86. The average molecular weight is 331 g/mol. The van der Waals surface area contributed by atoms with Gasteiger partial charge < -0.3 is 0 Å². The molecule has 0 heterocycles. The van der Waals surface area contributed by atoms with Crippen LogP contribution in [0.5, 0.6) is 0 Å². The molecular formula is C12H24ClI. The number of unbranched alkanes of at least 4 members (excludes halogenated alkanes) is 8. The van der Waals surface area contributed by atoms with E-state index in [1.54, 1.807) is 0 Å². The van der Waals surface area contributed by atoms with Crippen molar-refractivity contribution >= 4 is 34.2 Å². The van der Waals surface area contributed by atoms with Crippen LogP contribution in [-0.4, -0.2) is 3.38 Å². The van der Waals surface area contributed by atoms with E-state index in [2.05, 4.69) is 29.5 Å². The topological polar surface area (TPSA) is 0 Å². The summed E-state index contributed by atoms with van der Waals surface area (Å²) in [5, 5.41) is 0. The Morgan fingerprint density at radius 1 is 0.857 bits per heavy atom. The molecule has 1 atom stereocenters. The van der Waals surface area contributed by atoms with Crippen LogP contribution in [0.15, 0.2) is 0 Å². The molecule has 0 spiro atoms. The van der Waals surface area contributed by atoms with Gasteiger partial charge in [-0.05, 0) is 6.42 Å². The first kappa shape index (κ1) is 15.0. The minimum Gasteiger partial charge on any atom is -0.111 e. The molecule has 0 aliphatic rings. The second-order valence-corrected chi connectivity index (χ2v) is 6.77. The zero-order valence-electron chi connectivity index (χ0n) is 9.40. The van der Waals surface area contributed by atoms with Crippen molar-refractivity contribution in [1.82, 2.24) is 0 Å². The summed E-state index contributed by atoms with van der Waals surface area (Å²) < 4.78 is 0.345. The van der Waals surface area contributed by atoms with E-state index in [0.717, 1.165) is 0 Å². The van der Waals surface area contributed by atoms with Crippen molar-refractivity contribution in [3.05, 3.63) is 0 Å². The van der Waals surface area contributed by atoms with Gasteiger partial charge in [-0.25, -0.2) is 0 Å². The molecule has 0 aliphatic carbocycles. The summed E-state index contributed by atoms with van der Waals surface area (Å²) in [7, 11) is 0.